The Morgan fingerprint density at radius 2 is 1.66 bits per heavy atom. The first-order valence-electron chi connectivity index (χ1n) is 14.4. The summed E-state index contributed by atoms with van der Waals surface area (Å²) in [6.45, 7) is 0.379. The topological polar surface area (TPSA) is 182 Å². The summed E-state index contributed by atoms with van der Waals surface area (Å²) in [6, 6.07) is 9.63. The number of aliphatic hydroxyl groups is 3. The van der Waals surface area contributed by atoms with Crippen molar-refractivity contribution < 1.29 is 39.6 Å². The van der Waals surface area contributed by atoms with Crippen LogP contribution in [-0.4, -0.2) is 99.9 Å². The molecule has 11 heteroatoms. The van der Waals surface area contributed by atoms with Crippen LogP contribution in [0.5, 0.6) is 5.75 Å². The predicted molar refractivity (Wildman–Crippen MR) is 162 cm³/mol. The van der Waals surface area contributed by atoms with Crippen LogP contribution < -0.4 is 5.73 Å². The number of amides is 1. The molecule has 0 spiro atoms. The molecule has 0 radical (unpaired) electrons. The maximum absolute atomic E-state index is 14.0. The number of fused-ring (bicyclic) bond motifs is 3. The largest absolute Gasteiger partial charge is 0.508 e. The monoisotopic (exact) mass is 603 g/mol. The number of hydrogen-bond donors (Lipinski definition) is 5. The second-order valence-corrected chi connectivity index (χ2v) is 12.4. The third kappa shape index (κ3) is 4.90. The molecule has 44 heavy (non-hydrogen) atoms. The molecule has 6 N–H and O–H groups in total. The number of carbonyl (C=O) groups excluding carboxylic acids is 4. The molecule has 3 aliphatic rings. The second-order valence-electron chi connectivity index (χ2n) is 12.4. The molecule has 1 saturated carbocycles. The highest BCUT2D eigenvalue weighted by atomic mass is 16.3. The van der Waals surface area contributed by atoms with Crippen LogP contribution >= 0.6 is 0 Å². The Hall–Kier alpha value is -4.32. The smallest absolute Gasteiger partial charge is 0.255 e. The van der Waals surface area contributed by atoms with Gasteiger partial charge in [-0.3, -0.25) is 24.1 Å². The zero-order valence-corrected chi connectivity index (χ0v) is 25.1. The van der Waals surface area contributed by atoms with Gasteiger partial charge in [0.2, 0.25) is 5.78 Å². The van der Waals surface area contributed by atoms with E-state index in [-0.39, 0.29) is 35.5 Å². The van der Waals surface area contributed by atoms with Crippen LogP contribution in [0.4, 0.5) is 0 Å². The molecule has 0 heterocycles. The molecule has 0 aromatic heterocycles. The third-order valence-electron chi connectivity index (χ3n) is 9.05. The average molecular weight is 604 g/mol. The van der Waals surface area contributed by atoms with Gasteiger partial charge >= 0.3 is 0 Å². The first-order chi connectivity index (χ1) is 20.7. The Morgan fingerprint density at radius 3 is 2.25 bits per heavy atom. The number of benzene rings is 2. The molecule has 11 nitrogen and oxygen atoms in total. The molecule has 232 valence electrons. The number of primary amides is 1. The van der Waals surface area contributed by atoms with E-state index >= 15 is 0 Å². The zero-order chi connectivity index (χ0) is 32.2. The summed E-state index contributed by atoms with van der Waals surface area (Å²) in [6.07, 6.45) is 1.21. The number of ketones is 3. The fourth-order valence-electron chi connectivity index (χ4n) is 7.08. The molecule has 0 aliphatic heterocycles. The predicted octanol–water partition coefficient (Wildman–Crippen LogP) is 1.69. The lowest BCUT2D eigenvalue weighted by molar-refractivity contribution is -0.153. The van der Waals surface area contributed by atoms with Gasteiger partial charge in [0.15, 0.2) is 11.4 Å². The van der Waals surface area contributed by atoms with Gasteiger partial charge in [-0.15, -0.1) is 0 Å². The number of phenols is 1. The number of phenolic OH excluding ortho intramolecular Hbond substituents is 1. The number of hydrogen-bond acceptors (Lipinski definition) is 10. The first-order valence-corrected chi connectivity index (χ1v) is 14.4. The minimum absolute atomic E-state index is 0.0147. The lowest BCUT2D eigenvalue weighted by Gasteiger charge is -2.50. The van der Waals surface area contributed by atoms with Crippen LogP contribution in [0.1, 0.15) is 29.5 Å². The number of aryl methyl sites for hydroxylation is 1. The van der Waals surface area contributed by atoms with E-state index in [0.29, 0.717) is 24.9 Å². The molecule has 4 atom stereocenters. The Morgan fingerprint density at radius 1 is 1.00 bits per heavy atom. The van der Waals surface area contributed by atoms with Gasteiger partial charge in [0, 0.05) is 17.9 Å². The number of nitrogens with zero attached hydrogens (tertiary/aromatic N) is 2. The lowest BCUT2D eigenvalue weighted by atomic mass is 9.57. The molecule has 0 bridgehead atoms. The summed E-state index contributed by atoms with van der Waals surface area (Å²) < 4.78 is 0. The molecular formula is C33H37N3O8. The number of nitrogens with two attached hydrogens (primary N) is 1. The third-order valence-corrected chi connectivity index (χ3v) is 9.05. The summed E-state index contributed by atoms with van der Waals surface area (Å²) in [5.74, 6) is -6.70. The maximum atomic E-state index is 14.0. The number of likely N-dealkylation sites (N-methyl/N-ethyl adjacent to an activating group) is 2. The van der Waals surface area contributed by atoms with Crippen LogP contribution in [0.2, 0.25) is 0 Å². The van der Waals surface area contributed by atoms with Crippen molar-refractivity contribution in [2.75, 3.05) is 34.7 Å². The van der Waals surface area contributed by atoms with Gasteiger partial charge in [-0.25, -0.2) is 0 Å². The van der Waals surface area contributed by atoms with Crippen molar-refractivity contribution in [3.63, 3.8) is 0 Å². The van der Waals surface area contributed by atoms with Crippen molar-refractivity contribution in [3.8, 4) is 16.9 Å². The van der Waals surface area contributed by atoms with Crippen molar-refractivity contribution in [2.24, 2.45) is 17.6 Å². The number of carbonyl (C=O) groups is 4. The van der Waals surface area contributed by atoms with Crippen molar-refractivity contribution in [2.45, 2.75) is 37.3 Å². The lowest BCUT2D eigenvalue weighted by Crippen LogP contribution is -2.65. The SMILES string of the molecule is CN(C)CC(=O)CCc1ccc(-c2ccc(O)c3c2C[C@@H]2C[C@@H]4C(N(C)C)C(=O)C(C(N)=O)=C(O)[C@]4(O)C(=O)C2=C3O)cc1. The standard InChI is InChI=1S/C33H37N3O8/c1-35(2)15-19(37)10-7-16-5-8-17(9-6-16)20-11-12-23(38)25-21(20)13-18-14-22-27(36(3)4)29(40)26(32(34)43)31(42)33(22,44)30(41)24(18)28(25)39/h5-6,8-9,11-12,18,22,27,38-39,42,44H,7,10,13-15H2,1-4H3,(H2,34,43)/t18-,22-,27?,33-/m1/s1. The molecule has 2 aromatic rings. The van der Waals surface area contributed by atoms with E-state index in [0.717, 1.165) is 16.7 Å². The molecular weight excluding hydrogens is 566 g/mol. The van der Waals surface area contributed by atoms with Gasteiger partial charge in [-0.1, -0.05) is 30.3 Å². The van der Waals surface area contributed by atoms with Crippen molar-refractivity contribution in [1.29, 1.82) is 0 Å². The average Bonchev–Trinajstić information content (AvgIpc) is 2.93. The Kier molecular flexibility index (Phi) is 8.00. The molecule has 5 rings (SSSR count). The van der Waals surface area contributed by atoms with Crippen LogP contribution in [0.3, 0.4) is 0 Å². The van der Waals surface area contributed by atoms with Gasteiger partial charge < -0.3 is 31.1 Å². The molecule has 0 saturated heterocycles. The zero-order valence-electron chi connectivity index (χ0n) is 25.1. The van der Waals surface area contributed by atoms with Gasteiger partial charge in [0.05, 0.1) is 18.2 Å². The molecule has 2 aromatic carbocycles. The van der Waals surface area contributed by atoms with E-state index in [1.165, 1.54) is 11.0 Å². The number of rotatable bonds is 8. The van der Waals surface area contributed by atoms with E-state index in [1.807, 2.05) is 43.3 Å². The summed E-state index contributed by atoms with van der Waals surface area (Å²) in [4.78, 5) is 54.9. The maximum Gasteiger partial charge on any atom is 0.255 e. The molecule has 1 amide bonds. The van der Waals surface area contributed by atoms with Crippen molar-refractivity contribution in [1.82, 2.24) is 9.80 Å². The number of aromatic hydroxyl groups is 1. The van der Waals surface area contributed by atoms with E-state index in [2.05, 4.69) is 0 Å². The Labute approximate surface area is 254 Å². The molecule has 1 fully saturated rings. The second kappa shape index (κ2) is 11.3. The highest BCUT2D eigenvalue weighted by Crippen LogP contribution is 2.53. The quantitative estimate of drug-likeness (QED) is 0.279. The molecule has 3 aliphatic carbocycles. The highest BCUT2D eigenvalue weighted by Gasteiger charge is 2.64. The van der Waals surface area contributed by atoms with Crippen LogP contribution in [0.25, 0.3) is 16.9 Å². The summed E-state index contributed by atoms with van der Waals surface area (Å²) in [5.41, 5.74) is 4.78. The Balaban J connectivity index is 1.56. The summed E-state index contributed by atoms with van der Waals surface area (Å²) in [5, 5.41) is 45.1. The fourth-order valence-corrected chi connectivity index (χ4v) is 7.08. The summed E-state index contributed by atoms with van der Waals surface area (Å²) in [7, 11) is 6.82. The van der Waals surface area contributed by atoms with Gasteiger partial charge in [0.1, 0.15) is 28.6 Å². The normalized spacial score (nSPS) is 24.8. The van der Waals surface area contributed by atoms with Crippen molar-refractivity contribution in [3.05, 3.63) is 70.0 Å². The van der Waals surface area contributed by atoms with Gasteiger partial charge in [-0.2, -0.15) is 0 Å². The molecule has 1 unspecified atom stereocenters. The van der Waals surface area contributed by atoms with Crippen molar-refractivity contribution >= 4 is 29.0 Å². The fraction of sp³-hybridized carbons (Fsp3) is 0.394. The first kappa shape index (κ1) is 31.1. The van der Waals surface area contributed by atoms with Crippen LogP contribution in [0.15, 0.2) is 53.3 Å². The minimum atomic E-state index is -2.68. The minimum Gasteiger partial charge on any atom is -0.508 e. The number of aliphatic hydroxyl groups excluding tert-OH is 2. The van der Waals surface area contributed by atoms with Gasteiger partial charge in [-0.05, 0) is 81.7 Å². The van der Waals surface area contributed by atoms with Gasteiger partial charge in [0.25, 0.3) is 5.91 Å². The van der Waals surface area contributed by atoms with E-state index in [1.54, 1.807) is 20.2 Å². The Bertz CT molecular complexity index is 1640. The number of Topliss-reactive ketones (excluding diaryl/α,β-unsaturated/α-hetero) is 3. The highest BCUT2D eigenvalue weighted by molar-refractivity contribution is 6.24. The summed E-state index contributed by atoms with van der Waals surface area (Å²) >= 11 is 0. The van der Waals surface area contributed by atoms with E-state index in [4.69, 9.17) is 5.73 Å². The van der Waals surface area contributed by atoms with E-state index in [9.17, 15) is 39.6 Å². The van der Waals surface area contributed by atoms with Crippen LogP contribution in [0, 0.1) is 11.8 Å². The van der Waals surface area contributed by atoms with E-state index < -0.39 is 58.0 Å². The van der Waals surface area contributed by atoms with Crippen LogP contribution in [-0.2, 0) is 32.0 Å².